The number of nitrogens with one attached hydrogen (secondary N) is 2. The average molecular weight is 352 g/mol. The first kappa shape index (κ1) is 15.7. The first-order valence-electron chi connectivity index (χ1n) is 7.73. The van der Waals surface area contributed by atoms with Gasteiger partial charge in [0.05, 0.1) is 17.6 Å². The molecule has 0 radical (unpaired) electrons. The predicted molar refractivity (Wildman–Crippen MR) is 90.9 cm³/mol. The van der Waals surface area contributed by atoms with Crippen LogP contribution in [0.4, 0.5) is 0 Å². The Kier molecular flexibility index (Phi) is 3.57. The van der Waals surface area contributed by atoms with Crippen LogP contribution < -0.4 is 11.1 Å². The molecule has 0 unspecified atom stereocenters. The maximum atomic E-state index is 12.7. The molecule has 0 saturated heterocycles. The largest absolute Gasteiger partial charge is 0.462 e. The minimum Gasteiger partial charge on any atom is -0.462 e. The number of esters is 1. The summed E-state index contributed by atoms with van der Waals surface area (Å²) >= 11 is 0. The molecule has 0 aliphatic carbocycles. The predicted octanol–water partition coefficient (Wildman–Crippen LogP) is 0.498. The average Bonchev–Trinajstić information content (AvgIpc) is 3.07. The van der Waals surface area contributed by atoms with E-state index in [2.05, 4.69) is 25.3 Å². The molecule has 2 N–H and O–H groups in total. The Balaban J connectivity index is 1.92. The molecule has 0 spiro atoms. The molecule has 4 aromatic rings. The van der Waals surface area contributed by atoms with Gasteiger partial charge in [0.15, 0.2) is 17.0 Å². The summed E-state index contributed by atoms with van der Waals surface area (Å²) in [6.45, 7) is 1.85. The summed E-state index contributed by atoms with van der Waals surface area (Å²) in [7, 11) is 0. The molecule has 10 nitrogen and oxygen atoms in total. The van der Waals surface area contributed by atoms with E-state index in [0.717, 1.165) is 4.52 Å². The molecule has 0 bridgehead atoms. The van der Waals surface area contributed by atoms with Gasteiger partial charge >= 0.3 is 11.5 Å². The van der Waals surface area contributed by atoms with Crippen LogP contribution in [0.5, 0.6) is 0 Å². The number of aromatic nitrogens is 6. The summed E-state index contributed by atoms with van der Waals surface area (Å²) in [6, 6.07) is 6.92. The Hall–Kier alpha value is -3.82. The van der Waals surface area contributed by atoms with Crippen LogP contribution in [-0.2, 0) is 4.74 Å². The summed E-state index contributed by atoms with van der Waals surface area (Å²) in [5, 5.41) is 10.3. The van der Waals surface area contributed by atoms with Crippen LogP contribution in [0.3, 0.4) is 0 Å². The van der Waals surface area contributed by atoms with Crippen molar-refractivity contribution in [2.45, 2.75) is 6.92 Å². The van der Waals surface area contributed by atoms with Crippen molar-refractivity contribution in [1.29, 1.82) is 0 Å². The quantitative estimate of drug-likeness (QED) is 0.512. The minimum atomic E-state index is -0.654. The second-order valence-electron chi connectivity index (χ2n) is 5.35. The first-order valence-corrected chi connectivity index (χ1v) is 7.73. The summed E-state index contributed by atoms with van der Waals surface area (Å²) in [5.41, 5.74) is -0.467. The van der Waals surface area contributed by atoms with Gasteiger partial charge in [-0.3, -0.25) is 14.7 Å². The molecule has 0 atom stereocenters. The fourth-order valence-corrected chi connectivity index (χ4v) is 2.57. The van der Waals surface area contributed by atoms with Gasteiger partial charge < -0.3 is 9.72 Å². The molecule has 0 fully saturated rings. The van der Waals surface area contributed by atoms with E-state index in [1.165, 1.54) is 6.20 Å². The second-order valence-corrected chi connectivity index (χ2v) is 5.35. The van der Waals surface area contributed by atoms with Gasteiger partial charge in [-0.25, -0.2) is 9.78 Å². The molecule has 0 saturated carbocycles. The Labute approximate surface area is 144 Å². The van der Waals surface area contributed by atoms with Crippen molar-refractivity contribution in [1.82, 2.24) is 29.8 Å². The number of H-pyrrole nitrogens is 2. The molecule has 10 heteroatoms. The van der Waals surface area contributed by atoms with E-state index < -0.39 is 17.1 Å². The van der Waals surface area contributed by atoms with Crippen molar-refractivity contribution in [3.05, 3.63) is 56.7 Å². The van der Waals surface area contributed by atoms with E-state index in [0.29, 0.717) is 11.0 Å². The standard InChI is InChI=1S/C16H12N6O4/c1-2-26-16(25)8-7-17-22-13(8)21-20-12(15(22)24)11-14(23)19-10-6-4-3-5-9(10)18-11/h3-7,17H,2H2,1H3,(H,19,23). The van der Waals surface area contributed by atoms with E-state index in [-0.39, 0.29) is 29.2 Å². The van der Waals surface area contributed by atoms with Crippen molar-refractivity contribution in [3.8, 4) is 11.4 Å². The maximum Gasteiger partial charge on any atom is 0.343 e. The third-order valence-corrected chi connectivity index (χ3v) is 3.76. The fraction of sp³-hybridized carbons (Fsp3) is 0.125. The molecular weight excluding hydrogens is 340 g/mol. The van der Waals surface area contributed by atoms with Gasteiger partial charge in [-0.15, -0.1) is 10.2 Å². The van der Waals surface area contributed by atoms with Gasteiger partial charge in [-0.1, -0.05) is 12.1 Å². The van der Waals surface area contributed by atoms with E-state index >= 15 is 0 Å². The Morgan fingerprint density at radius 2 is 2.00 bits per heavy atom. The second kappa shape index (κ2) is 5.92. The molecular formula is C16H12N6O4. The topological polar surface area (TPSA) is 135 Å². The highest BCUT2D eigenvalue weighted by molar-refractivity contribution is 5.95. The van der Waals surface area contributed by atoms with Crippen LogP contribution in [0.15, 0.2) is 40.1 Å². The van der Waals surface area contributed by atoms with Crippen molar-refractivity contribution in [2.24, 2.45) is 0 Å². The molecule has 4 rings (SSSR count). The third-order valence-electron chi connectivity index (χ3n) is 3.76. The van der Waals surface area contributed by atoms with Crippen molar-refractivity contribution < 1.29 is 9.53 Å². The maximum absolute atomic E-state index is 12.7. The Morgan fingerprint density at radius 1 is 1.19 bits per heavy atom. The Bertz CT molecular complexity index is 1270. The van der Waals surface area contributed by atoms with Crippen molar-refractivity contribution in [3.63, 3.8) is 0 Å². The number of hydrogen-bond acceptors (Lipinski definition) is 7. The van der Waals surface area contributed by atoms with Crippen molar-refractivity contribution in [2.75, 3.05) is 6.61 Å². The molecule has 1 aromatic carbocycles. The highest BCUT2D eigenvalue weighted by Crippen LogP contribution is 2.12. The lowest BCUT2D eigenvalue weighted by atomic mass is 10.2. The SMILES string of the molecule is CCOC(=O)c1c[nH]n2c(=O)c(-c3nc4ccccc4[nH]c3=O)nnc12. The number of ether oxygens (including phenoxy) is 1. The highest BCUT2D eigenvalue weighted by atomic mass is 16.5. The van der Waals surface area contributed by atoms with Gasteiger partial charge in [-0.05, 0) is 19.1 Å². The smallest absolute Gasteiger partial charge is 0.343 e. The minimum absolute atomic E-state index is 0.00872. The zero-order valence-electron chi connectivity index (χ0n) is 13.5. The summed E-state index contributed by atoms with van der Waals surface area (Å²) in [4.78, 5) is 43.8. The van der Waals surface area contributed by atoms with Crippen LogP contribution in [0.1, 0.15) is 17.3 Å². The summed E-state index contributed by atoms with van der Waals surface area (Å²) < 4.78 is 5.93. The van der Waals surface area contributed by atoms with Gasteiger partial charge in [0.25, 0.3) is 5.56 Å². The van der Waals surface area contributed by atoms with E-state index in [4.69, 9.17) is 4.74 Å². The van der Waals surface area contributed by atoms with Crippen LogP contribution in [0, 0.1) is 0 Å². The molecule has 130 valence electrons. The Morgan fingerprint density at radius 3 is 2.81 bits per heavy atom. The number of hydrogen-bond donors (Lipinski definition) is 2. The van der Waals surface area contributed by atoms with Gasteiger partial charge in [0.1, 0.15) is 5.56 Å². The zero-order valence-corrected chi connectivity index (χ0v) is 13.5. The van der Waals surface area contributed by atoms with E-state index in [9.17, 15) is 14.4 Å². The number of rotatable bonds is 3. The number of carbonyl (C=O) groups excluding carboxylic acids is 1. The summed E-state index contributed by atoms with van der Waals surface area (Å²) in [6.07, 6.45) is 1.30. The normalized spacial score (nSPS) is 11.1. The van der Waals surface area contributed by atoms with Gasteiger partial charge in [-0.2, -0.15) is 4.52 Å². The molecule has 0 aliphatic heterocycles. The van der Waals surface area contributed by atoms with E-state index in [1.807, 2.05) is 0 Å². The van der Waals surface area contributed by atoms with Crippen LogP contribution >= 0.6 is 0 Å². The summed E-state index contributed by atoms with van der Waals surface area (Å²) in [5.74, 6) is -0.630. The number of fused-ring (bicyclic) bond motifs is 2. The molecule has 3 heterocycles. The highest BCUT2D eigenvalue weighted by Gasteiger charge is 2.20. The van der Waals surface area contributed by atoms with Gasteiger partial charge in [0.2, 0.25) is 0 Å². The number of nitrogens with zero attached hydrogens (tertiary/aromatic N) is 4. The van der Waals surface area contributed by atoms with Crippen LogP contribution in [0.25, 0.3) is 28.1 Å². The monoisotopic (exact) mass is 352 g/mol. The third kappa shape index (κ3) is 2.35. The number of para-hydroxylation sites is 2. The lowest BCUT2D eigenvalue weighted by Gasteiger charge is -2.02. The molecule has 0 aliphatic rings. The fourth-order valence-electron chi connectivity index (χ4n) is 2.57. The molecule has 3 aromatic heterocycles. The number of benzene rings is 1. The first-order chi connectivity index (χ1) is 12.6. The molecule has 0 amide bonds. The molecule has 26 heavy (non-hydrogen) atoms. The van der Waals surface area contributed by atoms with E-state index in [1.54, 1.807) is 31.2 Å². The van der Waals surface area contributed by atoms with Crippen LogP contribution in [-0.4, -0.2) is 42.4 Å². The lowest BCUT2D eigenvalue weighted by molar-refractivity contribution is 0.0528. The zero-order chi connectivity index (χ0) is 18.3. The van der Waals surface area contributed by atoms with Crippen LogP contribution in [0.2, 0.25) is 0 Å². The number of carbonyl (C=O) groups is 1. The van der Waals surface area contributed by atoms with Gasteiger partial charge in [0, 0.05) is 6.20 Å². The van der Waals surface area contributed by atoms with Crippen molar-refractivity contribution >= 4 is 22.6 Å². The lowest BCUT2D eigenvalue weighted by Crippen LogP contribution is -2.24. The number of aromatic amines is 2.